The molecule has 1 aromatic heterocycles. The average molecular weight is 296 g/mol. The van der Waals surface area contributed by atoms with Gasteiger partial charge in [-0.05, 0) is 24.1 Å². The summed E-state index contributed by atoms with van der Waals surface area (Å²) in [7, 11) is 0. The molecule has 0 bridgehead atoms. The highest BCUT2D eigenvalue weighted by Crippen LogP contribution is 2.18. The Bertz CT molecular complexity index is 752. The van der Waals surface area contributed by atoms with Crippen molar-refractivity contribution in [3.63, 3.8) is 0 Å². The topological polar surface area (TPSA) is 78.1 Å². The minimum atomic E-state index is -0.142. The summed E-state index contributed by atoms with van der Waals surface area (Å²) in [6.07, 6.45) is 4.00. The summed E-state index contributed by atoms with van der Waals surface area (Å²) < 4.78 is 0. The number of urea groups is 1. The monoisotopic (exact) mass is 296 g/mol. The van der Waals surface area contributed by atoms with E-state index in [1.165, 1.54) is 12.3 Å². The summed E-state index contributed by atoms with van der Waals surface area (Å²) >= 11 is 0. The van der Waals surface area contributed by atoms with E-state index in [2.05, 4.69) is 15.5 Å². The summed E-state index contributed by atoms with van der Waals surface area (Å²) in [6.45, 7) is 1.02. The SMILES string of the molecule is O=C(Nc1ccccc1)N1CC=C(c2n[nH]ccc2=O)CC1. The van der Waals surface area contributed by atoms with E-state index in [0.717, 1.165) is 11.3 Å². The zero-order valence-corrected chi connectivity index (χ0v) is 12.0. The van der Waals surface area contributed by atoms with Gasteiger partial charge in [0.25, 0.3) is 0 Å². The van der Waals surface area contributed by atoms with Crippen LogP contribution in [0.15, 0.2) is 53.5 Å². The number of amides is 2. The Morgan fingerprint density at radius 1 is 1.23 bits per heavy atom. The van der Waals surface area contributed by atoms with E-state index in [0.29, 0.717) is 25.2 Å². The van der Waals surface area contributed by atoms with E-state index in [9.17, 15) is 9.59 Å². The molecule has 3 rings (SSSR count). The summed E-state index contributed by atoms with van der Waals surface area (Å²) in [6, 6.07) is 10.6. The maximum Gasteiger partial charge on any atom is 0.322 e. The summed E-state index contributed by atoms with van der Waals surface area (Å²) in [5.41, 5.74) is 1.98. The molecule has 6 heteroatoms. The maximum atomic E-state index is 12.2. The predicted molar refractivity (Wildman–Crippen MR) is 84.5 cm³/mol. The highest BCUT2D eigenvalue weighted by atomic mass is 16.2. The van der Waals surface area contributed by atoms with Crippen LogP contribution in [-0.4, -0.2) is 34.2 Å². The molecular formula is C16H16N4O2. The van der Waals surface area contributed by atoms with Crippen molar-refractivity contribution in [2.75, 3.05) is 18.4 Å². The molecule has 112 valence electrons. The molecule has 0 atom stereocenters. The predicted octanol–water partition coefficient (Wildman–Crippen LogP) is 2.09. The Kier molecular flexibility index (Phi) is 4.00. The van der Waals surface area contributed by atoms with Crippen molar-refractivity contribution in [2.24, 2.45) is 0 Å². The van der Waals surface area contributed by atoms with Crippen LogP contribution in [-0.2, 0) is 0 Å². The molecule has 2 aromatic rings. The number of aromatic amines is 1. The Balaban J connectivity index is 1.67. The number of aromatic nitrogens is 2. The van der Waals surface area contributed by atoms with Gasteiger partial charge < -0.3 is 10.2 Å². The van der Waals surface area contributed by atoms with Crippen molar-refractivity contribution in [1.82, 2.24) is 15.1 Å². The number of carbonyl (C=O) groups excluding carboxylic acids is 1. The largest absolute Gasteiger partial charge is 0.322 e. The van der Waals surface area contributed by atoms with E-state index in [1.54, 1.807) is 4.90 Å². The van der Waals surface area contributed by atoms with Crippen LogP contribution in [0.25, 0.3) is 5.57 Å². The first-order chi connectivity index (χ1) is 10.7. The molecule has 22 heavy (non-hydrogen) atoms. The molecular weight excluding hydrogens is 280 g/mol. The smallest absolute Gasteiger partial charge is 0.320 e. The fourth-order valence-corrected chi connectivity index (χ4v) is 2.37. The standard InChI is InChI=1S/C16H16N4O2/c21-14-6-9-17-19-15(14)12-7-10-20(11-8-12)16(22)18-13-4-2-1-3-5-13/h1-7,9H,8,10-11H2,(H,17,21)(H,18,22). The normalized spacial score (nSPS) is 14.4. The Morgan fingerprint density at radius 3 is 2.73 bits per heavy atom. The number of nitrogens with one attached hydrogen (secondary N) is 2. The molecule has 0 aliphatic carbocycles. The fourth-order valence-electron chi connectivity index (χ4n) is 2.37. The average Bonchev–Trinajstić information content (AvgIpc) is 2.56. The first kappa shape index (κ1) is 14.1. The number of hydrogen-bond acceptors (Lipinski definition) is 3. The van der Waals surface area contributed by atoms with Crippen molar-refractivity contribution in [3.8, 4) is 0 Å². The third kappa shape index (κ3) is 3.06. The number of rotatable bonds is 2. The lowest BCUT2D eigenvalue weighted by Gasteiger charge is -2.26. The second kappa shape index (κ2) is 6.26. The number of nitrogens with zero attached hydrogens (tertiary/aromatic N) is 2. The van der Waals surface area contributed by atoms with Gasteiger partial charge in [-0.15, -0.1) is 0 Å². The molecule has 0 saturated heterocycles. The van der Waals surface area contributed by atoms with Gasteiger partial charge in [-0.3, -0.25) is 9.89 Å². The lowest BCUT2D eigenvalue weighted by Crippen LogP contribution is -2.38. The molecule has 2 amide bonds. The van der Waals surface area contributed by atoms with E-state index < -0.39 is 0 Å². The maximum absolute atomic E-state index is 12.2. The van der Waals surface area contributed by atoms with Gasteiger partial charge in [-0.2, -0.15) is 5.10 Å². The van der Waals surface area contributed by atoms with E-state index >= 15 is 0 Å². The zero-order chi connectivity index (χ0) is 15.4. The molecule has 0 spiro atoms. The van der Waals surface area contributed by atoms with E-state index in [-0.39, 0.29) is 11.5 Å². The minimum Gasteiger partial charge on any atom is -0.320 e. The zero-order valence-electron chi connectivity index (χ0n) is 12.0. The summed E-state index contributed by atoms with van der Waals surface area (Å²) in [4.78, 5) is 25.6. The van der Waals surface area contributed by atoms with E-state index in [4.69, 9.17) is 0 Å². The van der Waals surface area contributed by atoms with Crippen LogP contribution >= 0.6 is 0 Å². The third-order valence-electron chi connectivity index (χ3n) is 3.54. The second-order valence-corrected chi connectivity index (χ2v) is 5.01. The molecule has 1 aliphatic heterocycles. The van der Waals surface area contributed by atoms with Gasteiger partial charge in [0.05, 0.1) is 0 Å². The van der Waals surface area contributed by atoms with Crippen molar-refractivity contribution < 1.29 is 4.79 Å². The van der Waals surface area contributed by atoms with Crippen LogP contribution in [0.1, 0.15) is 12.1 Å². The van der Waals surface area contributed by atoms with Crippen LogP contribution in [0.2, 0.25) is 0 Å². The number of carbonyl (C=O) groups is 1. The summed E-state index contributed by atoms with van der Waals surface area (Å²) in [5.74, 6) is 0. The number of H-pyrrole nitrogens is 1. The van der Waals surface area contributed by atoms with Crippen LogP contribution < -0.4 is 10.7 Å². The van der Waals surface area contributed by atoms with Crippen molar-refractivity contribution in [1.29, 1.82) is 0 Å². The lowest BCUT2D eigenvalue weighted by molar-refractivity contribution is 0.217. The number of anilines is 1. The highest BCUT2D eigenvalue weighted by Gasteiger charge is 2.19. The first-order valence-electron chi connectivity index (χ1n) is 7.08. The molecule has 0 radical (unpaired) electrons. The van der Waals surface area contributed by atoms with Gasteiger partial charge in [0.2, 0.25) is 5.43 Å². The molecule has 0 unspecified atom stereocenters. The Hall–Kier alpha value is -2.89. The quantitative estimate of drug-likeness (QED) is 0.890. The van der Waals surface area contributed by atoms with Gasteiger partial charge in [0.1, 0.15) is 5.69 Å². The summed E-state index contributed by atoms with van der Waals surface area (Å²) in [5, 5.41) is 9.55. The number of para-hydroxylation sites is 1. The lowest BCUT2D eigenvalue weighted by atomic mass is 10.0. The van der Waals surface area contributed by atoms with Gasteiger partial charge in [-0.25, -0.2) is 4.79 Å². The van der Waals surface area contributed by atoms with Crippen LogP contribution in [0.5, 0.6) is 0 Å². The number of hydrogen-bond donors (Lipinski definition) is 2. The first-order valence-corrected chi connectivity index (χ1v) is 7.08. The van der Waals surface area contributed by atoms with Gasteiger partial charge >= 0.3 is 6.03 Å². The molecule has 6 nitrogen and oxygen atoms in total. The Labute approximate surface area is 127 Å². The molecule has 1 aliphatic rings. The Morgan fingerprint density at radius 2 is 2.05 bits per heavy atom. The molecule has 2 N–H and O–H groups in total. The van der Waals surface area contributed by atoms with Crippen LogP contribution in [0, 0.1) is 0 Å². The minimum absolute atomic E-state index is 0.104. The molecule has 1 aromatic carbocycles. The third-order valence-corrected chi connectivity index (χ3v) is 3.54. The second-order valence-electron chi connectivity index (χ2n) is 5.01. The van der Waals surface area contributed by atoms with E-state index in [1.807, 2.05) is 36.4 Å². The molecule has 2 heterocycles. The fraction of sp³-hybridized carbons (Fsp3) is 0.188. The molecule has 0 fully saturated rings. The van der Waals surface area contributed by atoms with Crippen molar-refractivity contribution >= 4 is 17.3 Å². The van der Waals surface area contributed by atoms with Gasteiger partial charge in [-0.1, -0.05) is 24.3 Å². The van der Waals surface area contributed by atoms with Crippen molar-refractivity contribution in [2.45, 2.75) is 6.42 Å². The van der Waals surface area contributed by atoms with Crippen LogP contribution in [0.4, 0.5) is 10.5 Å². The highest BCUT2D eigenvalue weighted by molar-refractivity contribution is 5.89. The molecule has 0 saturated carbocycles. The number of benzene rings is 1. The van der Waals surface area contributed by atoms with Crippen molar-refractivity contribution in [3.05, 3.63) is 64.6 Å². The van der Waals surface area contributed by atoms with Gasteiger partial charge in [0, 0.05) is 31.0 Å². The van der Waals surface area contributed by atoms with Gasteiger partial charge in [0.15, 0.2) is 0 Å². The van der Waals surface area contributed by atoms with Crippen LogP contribution in [0.3, 0.4) is 0 Å².